The van der Waals surface area contributed by atoms with E-state index in [1.807, 2.05) is 0 Å². The fourth-order valence-corrected chi connectivity index (χ4v) is 8.39. The lowest BCUT2D eigenvalue weighted by atomic mass is 9.59. The summed E-state index contributed by atoms with van der Waals surface area (Å²) in [6, 6.07) is 0. The molecule has 0 aromatic carbocycles. The van der Waals surface area contributed by atoms with Crippen LogP contribution in [0, 0.1) is 46.8 Å². The molecule has 0 radical (unpaired) electrons. The van der Waals surface area contributed by atoms with Gasteiger partial charge in [0.1, 0.15) is 0 Å². The zero-order valence-corrected chi connectivity index (χ0v) is 17.0. The Morgan fingerprint density at radius 3 is 1.92 bits per heavy atom. The molecule has 4 aliphatic rings. The summed E-state index contributed by atoms with van der Waals surface area (Å²) in [5.41, 5.74) is 0.583. The molecule has 25 heavy (non-hydrogen) atoms. The third-order valence-corrected chi connectivity index (χ3v) is 9.45. The van der Waals surface area contributed by atoms with Crippen LogP contribution in [0.1, 0.15) is 97.3 Å². The van der Waals surface area contributed by atoms with Crippen molar-refractivity contribution in [3.05, 3.63) is 12.7 Å². The molecule has 6 unspecified atom stereocenters. The standard InChI is InChI=1S/C25H42/c1-4-5-10-18-15-16-19(17-18)25(2,3)24-22-13-8-6-11-20(22)21-12-7-9-14-23(21)24/h4,18-24H,1,5-17H2,2-3H3. The van der Waals surface area contributed by atoms with E-state index in [9.17, 15) is 0 Å². The molecule has 0 heteroatoms. The SMILES string of the molecule is C=CCCC1CCC(C(C)(C)C2C3CCCCC3C3CCCCC32)C1. The maximum Gasteiger partial charge on any atom is -0.0292 e. The van der Waals surface area contributed by atoms with E-state index in [2.05, 4.69) is 26.5 Å². The van der Waals surface area contributed by atoms with Crippen molar-refractivity contribution in [2.24, 2.45) is 46.8 Å². The molecule has 0 aromatic heterocycles. The Morgan fingerprint density at radius 1 is 0.800 bits per heavy atom. The lowest BCUT2D eigenvalue weighted by molar-refractivity contribution is 0.0294. The molecule has 4 fully saturated rings. The highest BCUT2D eigenvalue weighted by Gasteiger charge is 2.57. The first-order valence-corrected chi connectivity index (χ1v) is 11.7. The van der Waals surface area contributed by atoms with E-state index in [-0.39, 0.29) is 0 Å². The minimum absolute atomic E-state index is 0.583. The zero-order valence-electron chi connectivity index (χ0n) is 17.0. The molecule has 0 bridgehead atoms. The lowest BCUT2D eigenvalue weighted by Gasteiger charge is -2.46. The van der Waals surface area contributed by atoms with Crippen LogP contribution < -0.4 is 0 Å². The first kappa shape index (κ1) is 18.1. The van der Waals surface area contributed by atoms with E-state index < -0.39 is 0 Å². The second-order valence-electron chi connectivity index (χ2n) is 10.8. The molecule has 142 valence electrons. The van der Waals surface area contributed by atoms with Gasteiger partial charge in [-0.25, -0.2) is 0 Å². The molecule has 0 aliphatic heterocycles. The van der Waals surface area contributed by atoms with Gasteiger partial charge in [0.15, 0.2) is 0 Å². The van der Waals surface area contributed by atoms with Crippen LogP contribution in [0.15, 0.2) is 12.7 Å². The van der Waals surface area contributed by atoms with Crippen molar-refractivity contribution in [1.82, 2.24) is 0 Å². The summed E-state index contributed by atoms with van der Waals surface area (Å²) in [6.45, 7) is 9.36. The van der Waals surface area contributed by atoms with E-state index in [0.717, 1.165) is 41.4 Å². The van der Waals surface area contributed by atoms with Crippen molar-refractivity contribution in [3.8, 4) is 0 Å². The van der Waals surface area contributed by atoms with Gasteiger partial charge in [0.05, 0.1) is 0 Å². The Hall–Kier alpha value is -0.260. The third kappa shape index (κ3) is 3.25. The van der Waals surface area contributed by atoms with Crippen molar-refractivity contribution < 1.29 is 0 Å². The fourth-order valence-electron chi connectivity index (χ4n) is 8.39. The summed E-state index contributed by atoms with van der Waals surface area (Å²) in [7, 11) is 0. The molecule has 4 aliphatic carbocycles. The third-order valence-electron chi connectivity index (χ3n) is 9.45. The van der Waals surface area contributed by atoms with Gasteiger partial charge in [-0.2, -0.15) is 0 Å². The van der Waals surface area contributed by atoms with Crippen molar-refractivity contribution in [2.75, 3.05) is 0 Å². The summed E-state index contributed by atoms with van der Waals surface area (Å²) >= 11 is 0. The molecule has 4 saturated carbocycles. The highest BCUT2D eigenvalue weighted by atomic mass is 14.6. The number of hydrogen-bond donors (Lipinski definition) is 0. The molecule has 0 heterocycles. The average molecular weight is 343 g/mol. The first-order chi connectivity index (χ1) is 12.1. The summed E-state index contributed by atoms with van der Waals surface area (Å²) in [6.07, 6.45) is 21.7. The highest BCUT2D eigenvalue weighted by Crippen LogP contribution is 2.64. The Kier molecular flexibility index (Phi) is 5.36. The Labute approximate surface area is 157 Å². The fraction of sp³-hybridized carbons (Fsp3) is 0.920. The van der Waals surface area contributed by atoms with Gasteiger partial charge in [0, 0.05) is 0 Å². The van der Waals surface area contributed by atoms with E-state index in [1.165, 1.54) is 57.8 Å². The van der Waals surface area contributed by atoms with Crippen molar-refractivity contribution in [2.45, 2.75) is 97.3 Å². The minimum atomic E-state index is 0.583. The van der Waals surface area contributed by atoms with Gasteiger partial charge >= 0.3 is 0 Å². The maximum absolute atomic E-state index is 3.94. The van der Waals surface area contributed by atoms with Gasteiger partial charge in [0.25, 0.3) is 0 Å². The largest absolute Gasteiger partial charge is 0.103 e. The minimum Gasteiger partial charge on any atom is -0.103 e. The number of rotatable bonds is 5. The van der Waals surface area contributed by atoms with Crippen LogP contribution in [-0.2, 0) is 0 Å². The normalized spacial score (nSPS) is 44.3. The quantitative estimate of drug-likeness (QED) is 0.450. The van der Waals surface area contributed by atoms with Crippen LogP contribution in [0.3, 0.4) is 0 Å². The summed E-state index contributed by atoms with van der Waals surface area (Å²) in [5.74, 6) is 7.44. The van der Waals surface area contributed by atoms with Gasteiger partial charge < -0.3 is 0 Å². The molecule has 0 aromatic rings. The van der Waals surface area contributed by atoms with E-state index >= 15 is 0 Å². The van der Waals surface area contributed by atoms with Gasteiger partial charge in [0.2, 0.25) is 0 Å². The molecule has 0 saturated heterocycles. The van der Waals surface area contributed by atoms with Gasteiger partial charge in [-0.1, -0.05) is 52.0 Å². The predicted octanol–water partition coefficient (Wildman–Crippen LogP) is 7.64. The monoisotopic (exact) mass is 342 g/mol. The van der Waals surface area contributed by atoms with Crippen molar-refractivity contribution in [3.63, 3.8) is 0 Å². The molecular formula is C25H42. The molecule has 4 rings (SSSR count). The molecule has 0 N–H and O–H groups in total. The van der Waals surface area contributed by atoms with E-state index in [0.29, 0.717) is 5.41 Å². The Bertz CT molecular complexity index is 439. The maximum atomic E-state index is 3.94. The van der Waals surface area contributed by atoms with Gasteiger partial charge in [-0.05, 0) is 98.2 Å². The Balaban J connectivity index is 1.52. The molecular weight excluding hydrogens is 300 g/mol. The summed E-state index contributed by atoms with van der Waals surface area (Å²) in [4.78, 5) is 0. The van der Waals surface area contributed by atoms with Crippen LogP contribution in [0.25, 0.3) is 0 Å². The second kappa shape index (κ2) is 7.40. The van der Waals surface area contributed by atoms with Crippen molar-refractivity contribution in [1.29, 1.82) is 0 Å². The average Bonchev–Trinajstić information content (AvgIpc) is 3.23. The second-order valence-corrected chi connectivity index (χ2v) is 10.8. The van der Waals surface area contributed by atoms with Crippen LogP contribution in [0.2, 0.25) is 0 Å². The highest BCUT2D eigenvalue weighted by molar-refractivity contribution is 5.06. The zero-order chi connectivity index (χ0) is 17.4. The molecule has 0 amide bonds. The van der Waals surface area contributed by atoms with Crippen LogP contribution in [-0.4, -0.2) is 0 Å². The smallest absolute Gasteiger partial charge is 0.0292 e. The van der Waals surface area contributed by atoms with Crippen LogP contribution >= 0.6 is 0 Å². The van der Waals surface area contributed by atoms with Gasteiger partial charge in [-0.15, -0.1) is 6.58 Å². The Morgan fingerprint density at radius 2 is 1.36 bits per heavy atom. The van der Waals surface area contributed by atoms with Crippen molar-refractivity contribution >= 4 is 0 Å². The first-order valence-electron chi connectivity index (χ1n) is 11.7. The molecule has 0 nitrogen and oxygen atoms in total. The van der Waals surface area contributed by atoms with Crippen LogP contribution in [0.5, 0.6) is 0 Å². The summed E-state index contributed by atoms with van der Waals surface area (Å²) in [5, 5.41) is 0. The lowest BCUT2D eigenvalue weighted by Crippen LogP contribution is -2.39. The predicted molar refractivity (Wildman–Crippen MR) is 108 cm³/mol. The van der Waals surface area contributed by atoms with Crippen LogP contribution in [0.4, 0.5) is 0 Å². The number of fused-ring (bicyclic) bond motifs is 3. The molecule has 0 spiro atoms. The number of hydrogen-bond acceptors (Lipinski definition) is 0. The molecule has 6 atom stereocenters. The summed E-state index contributed by atoms with van der Waals surface area (Å²) < 4.78 is 0. The van der Waals surface area contributed by atoms with E-state index in [1.54, 1.807) is 25.7 Å². The van der Waals surface area contributed by atoms with E-state index in [4.69, 9.17) is 0 Å². The number of allylic oxidation sites excluding steroid dienone is 1. The van der Waals surface area contributed by atoms with Gasteiger partial charge in [-0.3, -0.25) is 0 Å². The topological polar surface area (TPSA) is 0 Å².